The van der Waals surface area contributed by atoms with E-state index < -0.39 is 17.6 Å². The highest BCUT2D eigenvalue weighted by molar-refractivity contribution is 5.89. The van der Waals surface area contributed by atoms with Crippen LogP contribution in [0.5, 0.6) is 5.75 Å². The number of aryl methyl sites for hydroxylation is 1. The zero-order valence-electron chi connectivity index (χ0n) is 14.2. The molecule has 2 N–H and O–H groups in total. The highest BCUT2D eigenvalue weighted by Crippen LogP contribution is 2.22. The molecule has 3 rings (SSSR count). The van der Waals surface area contributed by atoms with Crippen molar-refractivity contribution >= 4 is 16.9 Å². The van der Waals surface area contributed by atoms with Gasteiger partial charge in [-0.05, 0) is 31.5 Å². The van der Waals surface area contributed by atoms with Crippen molar-refractivity contribution in [1.82, 2.24) is 15.5 Å². The van der Waals surface area contributed by atoms with Crippen molar-refractivity contribution in [2.75, 3.05) is 6.54 Å². The predicted molar refractivity (Wildman–Crippen MR) is 89.9 cm³/mol. The lowest BCUT2D eigenvalue weighted by Gasteiger charge is -2.05. The summed E-state index contributed by atoms with van der Waals surface area (Å²) < 4.78 is 15.6. The number of benzene rings is 1. The van der Waals surface area contributed by atoms with Gasteiger partial charge in [0, 0.05) is 24.1 Å². The number of hydrogen-bond donors (Lipinski definition) is 2. The second-order valence-electron chi connectivity index (χ2n) is 5.77. The molecule has 136 valence electrons. The normalized spacial score (nSPS) is 12.1. The fraction of sp³-hybridized carbons (Fsp3) is 0.294. The molecule has 0 saturated carbocycles. The van der Waals surface area contributed by atoms with E-state index in [1.807, 2.05) is 6.92 Å². The van der Waals surface area contributed by atoms with Crippen molar-refractivity contribution in [3.63, 3.8) is 0 Å². The number of aliphatic hydroxyl groups excluding tert-OH is 1. The first-order chi connectivity index (χ1) is 12.4. The number of carbonyl (C=O) groups is 1. The average molecular weight is 359 g/mol. The number of nitrogens with one attached hydrogen (secondary N) is 1. The molecule has 2 heterocycles. The second kappa shape index (κ2) is 7.36. The first-order valence-electron chi connectivity index (χ1n) is 7.88. The van der Waals surface area contributed by atoms with Gasteiger partial charge in [-0.15, -0.1) is 0 Å². The highest BCUT2D eigenvalue weighted by Gasteiger charge is 2.15. The lowest BCUT2D eigenvalue weighted by atomic mass is 10.1. The Balaban J connectivity index is 1.67. The number of ether oxygens (including phenoxy) is 1. The van der Waals surface area contributed by atoms with Crippen LogP contribution in [-0.4, -0.2) is 33.8 Å². The molecule has 0 aliphatic rings. The van der Waals surface area contributed by atoms with Crippen molar-refractivity contribution in [2.24, 2.45) is 0 Å². The van der Waals surface area contributed by atoms with Gasteiger partial charge in [0.15, 0.2) is 6.61 Å². The molecule has 26 heavy (non-hydrogen) atoms. The summed E-state index contributed by atoms with van der Waals surface area (Å²) >= 11 is 0. The van der Waals surface area contributed by atoms with E-state index >= 15 is 0 Å². The Bertz CT molecular complexity index is 992. The van der Waals surface area contributed by atoms with Gasteiger partial charge in [0.05, 0.1) is 6.10 Å². The minimum Gasteiger partial charge on any atom is -0.485 e. The zero-order chi connectivity index (χ0) is 18.7. The van der Waals surface area contributed by atoms with Crippen LogP contribution >= 0.6 is 0 Å². The van der Waals surface area contributed by atoms with Crippen LogP contribution in [0.3, 0.4) is 0 Å². The molecular weight excluding hydrogens is 342 g/mol. The number of aliphatic hydroxyl groups is 1. The van der Waals surface area contributed by atoms with Crippen LogP contribution in [0, 0.1) is 6.92 Å². The van der Waals surface area contributed by atoms with Gasteiger partial charge in [0.25, 0.3) is 0 Å². The third-order valence-electron chi connectivity index (χ3n) is 3.51. The van der Waals surface area contributed by atoms with Gasteiger partial charge in [-0.2, -0.15) is 4.98 Å². The van der Waals surface area contributed by atoms with Crippen LogP contribution in [0.2, 0.25) is 0 Å². The molecule has 1 amide bonds. The molecule has 1 aromatic carbocycles. The Kier molecular flexibility index (Phi) is 4.99. The van der Waals surface area contributed by atoms with Gasteiger partial charge in [-0.1, -0.05) is 5.16 Å². The third kappa shape index (κ3) is 4.06. The summed E-state index contributed by atoms with van der Waals surface area (Å²) in [7, 11) is 0. The molecule has 0 aliphatic carbocycles. The molecule has 9 heteroatoms. The lowest BCUT2D eigenvalue weighted by Crippen LogP contribution is -2.30. The van der Waals surface area contributed by atoms with E-state index in [1.165, 1.54) is 6.07 Å². The van der Waals surface area contributed by atoms with Crippen molar-refractivity contribution in [3.8, 4) is 5.75 Å². The summed E-state index contributed by atoms with van der Waals surface area (Å²) in [5.74, 6) is -0.161. The number of rotatable bonds is 6. The molecule has 2 aromatic heterocycles. The molecule has 0 spiro atoms. The highest BCUT2D eigenvalue weighted by atomic mass is 16.5. The number of fused-ring (bicyclic) bond motifs is 1. The lowest BCUT2D eigenvalue weighted by molar-refractivity contribution is 0.0880. The largest absolute Gasteiger partial charge is 0.485 e. The van der Waals surface area contributed by atoms with Crippen LogP contribution in [-0.2, 0) is 6.61 Å². The van der Waals surface area contributed by atoms with E-state index in [2.05, 4.69) is 15.5 Å². The molecular formula is C17H17N3O6. The van der Waals surface area contributed by atoms with E-state index in [9.17, 15) is 9.59 Å². The van der Waals surface area contributed by atoms with Gasteiger partial charge in [0.2, 0.25) is 5.82 Å². The van der Waals surface area contributed by atoms with Crippen molar-refractivity contribution < 1.29 is 23.6 Å². The fourth-order valence-corrected chi connectivity index (χ4v) is 2.26. The summed E-state index contributed by atoms with van der Waals surface area (Å²) in [5.41, 5.74) is 0.797. The van der Waals surface area contributed by atoms with Crippen LogP contribution in [0.4, 0.5) is 0 Å². The Morgan fingerprint density at radius 1 is 1.38 bits per heavy atom. The smallest absolute Gasteiger partial charge is 0.336 e. The monoisotopic (exact) mass is 359 g/mol. The zero-order valence-corrected chi connectivity index (χ0v) is 14.2. The third-order valence-corrected chi connectivity index (χ3v) is 3.51. The van der Waals surface area contributed by atoms with Gasteiger partial charge in [-0.25, -0.2) is 4.79 Å². The maximum atomic E-state index is 11.7. The Labute approximate surface area is 147 Å². The number of hydrogen-bond acceptors (Lipinski definition) is 8. The Morgan fingerprint density at radius 3 is 2.96 bits per heavy atom. The number of aromatic nitrogens is 2. The molecule has 3 aromatic rings. The summed E-state index contributed by atoms with van der Waals surface area (Å²) in [6.45, 7) is 3.41. The molecule has 0 bridgehead atoms. The first-order valence-corrected chi connectivity index (χ1v) is 7.88. The molecule has 0 aliphatic heterocycles. The Hall–Kier alpha value is -3.20. The fourth-order valence-electron chi connectivity index (χ4n) is 2.26. The minimum absolute atomic E-state index is 0.0330. The predicted octanol–water partition coefficient (Wildman–Crippen LogP) is 1.17. The molecule has 1 atom stereocenters. The minimum atomic E-state index is -0.679. The van der Waals surface area contributed by atoms with Crippen molar-refractivity contribution in [2.45, 2.75) is 26.6 Å². The van der Waals surface area contributed by atoms with E-state index in [4.69, 9.17) is 18.8 Å². The summed E-state index contributed by atoms with van der Waals surface area (Å²) in [4.78, 5) is 27.1. The van der Waals surface area contributed by atoms with E-state index in [1.54, 1.807) is 25.1 Å². The molecule has 0 saturated heterocycles. The van der Waals surface area contributed by atoms with Gasteiger partial charge < -0.3 is 24.1 Å². The SMILES string of the molecule is Cc1cc(=O)oc2cc(OCc3noc(C(=O)NCC(C)O)n3)ccc12. The number of nitrogens with zero attached hydrogens (tertiary/aromatic N) is 2. The Morgan fingerprint density at radius 2 is 2.19 bits per heavy atom. The maximum absolute atomic E-state index is 11.7. The van der Waals surface area contributed by atoms with Crippen molar-refractivity contribution in [1.29, 1.82) is 0 Å². The summed E-state index contributed by atoms with van der Waals surface area (Å²) in [6.07, 6.45) is -0.679. The maximum Gasteiger partial charge on any atom is 0.336 e. The quantitative estimate of drug-likeness (QED) is 0.628. The average Bonchev–Trinajstić information content (AvgIpc) is 3.06. The van der Waals surface area contributed by atoms with Gasteiger partial charge in [0.1, 0.15) is 11.3 Å². The molecule has 0 fully saturated rings. The number of carbonyl (C=O) groups excluding carboxylic acids is 1. The van der Waals surface area contributed by atoms with Crippen LogP contribution in [0.25, 0.3) is 11.0 Å². The van der Waals surface area contributed by atoms with Crippen LogP contribution in [0.15, 0.2) is 38.0 Å². The summed E-state index contributed by atoms with van der Waals surface area (Å²) in [6, 6.07) is 6.53. The molecule has 0 radical (unpaired) electrons. The first kappa shape index (κ1) is 17.6. The van der Waals surface area contributed by atoms with Crippen molar-refractivity contribution in [3.05, 3.63) is 52.0 Å². The van der Waals surface area contributed by atoms with E-state index in [0.29, 0.717) is 11.3 Å². The van der Waals surface area contributed by atoms with Gasteiger partial charge in [-0.3, -0.25) is 4.79 Å². The topological polar surface area (TPSA) is 128 Å². The molecule has 1 unspecified atom stereocenters. The second-order valence-corrected chi connectivity index (χ2v) is 5.77. The molecule has 9 nitrogen and oxygen atoms in total. The van der Waals surface area contributed by atoms with Crippen LogP contribution < -0.4 is 15.7 Å². The van der Waals surface area contributed by atoms with Crippen LogP contribution in [0.1, 0.15) is 29.0 Å². The number of amides is 1. The van der Waals surface area contributed by atoms with E-state index in [0.717, 1.165) is 10.9 Å². The standard InChI is InChI=1S/C17H17N3O6/c1-9-5-15(22)25-13-6-11(3-4-12(9)13)24-8-14-19-17(26-20-14)16(23)18-7-10(2)21/h3-6,10,21H,7-8H2,1-2H3,(H,18,23). The van der Waals surface area contributed by atoms with E-state index in [-0.39, 0.29) is 24.9 Å². The summed E-state index contributed by atoms with van der Waals surface area (Å²) in [5, 5.41) is 16.1. The van der Waals surface area contributed by atoms with Gasteiger partial charge >= 0.3 is 17.4 Å².